The normalized spacial score (nSPS) is 20.1. The van der Waals surface area contributed by atoms with Crippen LogP contribution in [0.5, 0.6) is 5.75 Å². The van der Waals surface area contributed by atoms with E-state index >= 15 is 0 Å². The van der Waals surface area contributed by atoms with Gasteiger partial charge in [-0.05, 0) is 30.7 Å². The summed E-state index contributed by atoms with van der Waals surface area (Å²) in [4.78, 5) is 0. The monoisotopic (exact) mass is 293 g/mol. The van der Waals surface area contributed by atoms with Crippen LogP contribution in [0.3, 0.4) is 0 Å². The molecule has 0 saturated carbocycles. The van der Waals surface area contributed by atoms with Gasteiger partial charge in [-0.1, -0.05) is 18.2 Å². The van der Waals surface area contributed by atoms with Crippen LogP contribution >= 0.6 is 0 Å². The fraction of sp³-hybridized carbons (Fsp3) is 0.286. The minimum Gasteiger partial charge on any atom is -0.489 e. The van der Waals surface area contributed by atoms with Crippen LogP contribution in [-0.4, -0.2) is 31.9 Å². The van der Waals surface area contributed by atoms with Gasteiger partial charge in [0.05, 0.1) is 12.8 Å². The van der Waals surface area contributed by atoms with Crippen LogP contribution in [0.1, 0.15) is 6.42 Å². The quantitative estimate of drug-likeness (QED) is 0.866. The van der Waals surface area contributed by atoms with Gasteiger partial charge in [-0.15, -0.1) is 0 Å². The van der Waals surface area contributed by atoms with Crippen molar-refractivity contribution >= 4 is 10.0 Å². The molecule has 2 aromatic rings. The maximum absolute atomic E-state index is 12.3. The van der Waals surface area contributed by atoms with Crippen molar-refractivity contribution in [2.75, 3.05) is 13.1 Å². The molecule has 106 valence electrons. The molecule has 0 aliphatic carbocycles. The zero-order valence-corrected chi connectivity index (χ0v) is 11.6. The van der Waals surface area contributed by atoms with Gasteiger partial charge in [-0.3, -0.25) is 0 Å². The molecule has 1 saturated heterocycles. The molecule has 1 aromatic heterocycles. The summed E-state index contributed by atoms with van der Waals surface area (Å²) in [7, 11) is -3.53. The molecule has 0 bridgehead atoms. The Bertz CT molecular complexity index is 652. The second-order valence-corrected chi connectivity index (χ2v) is 6.51. The lowest BCUT2D eigenvalue weighted by atomic mass is 10.3. The fourth-order valence-corrected chi connectivity index (χ4v) is 3.63. The highest BCUT2D eigenvalue weighted by molar-refractivity contribution is 7.89. The van der Waals surface area contributed by atoms with E-state index in [2.05, 4.69) is 0 Å². The Morgan fingerprint density at radius 3 is 2.65 bits per heavy atom. The molecule has 1 unspecified atom stereocenters. The van der Waals surface area contributed by atoms with Gasteiger partial charge in [0.2, 0.25) is 5.09 Å². The number of para-hydroxylation sites is 1. The van der Waals surface area contributed by atoms with Crippen molar-refractivity contribution in [3.05, 3.63) is 48.7 Å². The number of hydrogen-bond donors (Lipinski definition) is 0. The number of ether oxygens (including phenoxy) is 1. The number of sulfonamides is 1. The van der Waals surface area contributed by atoms with Crippen LogP contribution in [0.15, 0.2) is 58.2 Å². The molecule has 0 radical (unpaired) electrons. The summed E-state index contributed by atoms with van der Waals surface area (Å²) < 4.78 is 36.7. The molecule has 3 rings (SSSR count). The van der Waals surface area contributed by atoms with E-state index in [1.165, 1.54) is 16.6 Å². The van der Waals surface area contributed by atoms with E-state index in [4.69, 9.17) is 9.15 Å². The van der Waals surface area contributed by atoms with Gasteiger partial charge < -0.3 is 9.15 Å². The van der Waals surface area contributed by atoms with Gasteiger partial charge in [-0.25, -0.2) is 8.42 Å². The molecule has 1 aliphatic heterocycles. The van der Waals surface area contributed by atoms with E-state index in [9.17, 15) is 8.42 Å². The van der Waals surface area contributed by atoms with E-state index in [1.54, 1.807) is 6.07 Å². The molecule has 5 nitrogen and oxygen atoms in total. The first-order valence-corrected chi connectivity index (χ1v) is 7.85. The number of benzene rings is 1. The molecule has 1 aromatic carbocycles. The van der Waals surface area contributed by atoms with Crippen molar-refractivity contribution < 1.29 is 17.6 Å². The highest BCUT2D eigenvalue weighted by atomic mass is 32.2. The SMILES string of the molecule is O=S(=O)(c1ccco1)N1CCC(Oc2ccccc2)C1. The lowest BCUT2D eigenvalue weighted by Gasteiger charge is -2.15. The molecular weight excluding hydrogens is 278 g/mol. The first-order valence-electron chi connectivity index (χ1n) is 6.41. The van der Waals surface area contributed by atoms with Crippen molar-refractivity contribution in [1.82, 2.24) is 4.31 Å². The van der Waals surface area contributed by atoms with Crippen LogP contribution in [0.2, 0.25) is 0 Å². The lowest BCUT2D eigenvalue weighted by molar-refractivity contribution is 0.215. The third-order valence-electron chi connectivity index (χ3n) is 3.24. The van der Waals surface area contributed by atoms with Gasteiger partial charge in [0.1, 0.15) is 11.9 Å². The van der Waals surface area contributed by atoms with Crippen molar-refractivity contribution in [3.63, 3.8) is 0 Å². The molecule has 0 amide bonds. The third-order valence-corrected chi connectivity index (χ3v) is 5.00. The minimum absolute atomic E-state index is 0.0159. The Kier molecular flexibility index (Phi) is 3.50. The molecule has 0 spiro atoms. The first kappa shape index (κ1) is 13.2. The van der Waals surface area contributed by atoms with Gasteiger partial charge in [0.15, 0.2) is 0 Å². The molecular formula is C14H15NO4S. The van der Waals surface area contributed by atoms with Crippen LogP contribution in [0.4, 0.5) is 0 Å². The van der Waals surface area contributed by atoms with Gasteiger partial charge in [0, 0.05) is 6.54 Å². The van der Waals surface area contributed by atoms with E-state index < -0.39 is 10.0 Å². The molecule has 1 aliphatic rings. The van der Waals surface area contributed by atoms with Gasteiger partial charge in [-0.2, -0.15) is 4.31 Å². The highest BCUT2D eigenvalue weighted by Gasteiger charge is 2.35. The summed E-state index contributed by atoms with van der Waals surface area (Å²) in [6, 6.07) is 12.5. The number of rotatable bonds is 4. The fourth-order valence-electron chi connectivity index (χ4n) is 2.24. The summed E-state index contributed by atoms with van der Waals surface area (Å²) >= 11 is 0. The smallest absolute Gasteiger partial charge is 0.276 e. The lowest BCUT2D eigenvalue weighted by Crippen LogP contribution is -2.30. The van der Waals surface area contributed by atoms with E-state index in [0.717, 1.165) is 5.75 Å². The maximum Gasteiger partial charge on any atom is 0.276 e. The van der Waals surface area contributed by atoms with E-state index in [1.807, 2.05) is 30.3 Å². The van der Waals surface area contributed by atoms with Crippen LogP contribution < -0.4 is 4.74 Å². The standard InChI is InChI=1S/C14H15NO4S/c16-20(17,14-7-4-10-18-14)15-9-8-13(11-15)19-12-5-2-1-3-6-12/h1-7,10,13H,8-9,11H2. The Morgan fingerprint density at radius 1 is 1.15 bits per heavy atom. The van der Waals surface area contributed by atoms with Crippen molar-refractivity contribution in [2.24, 2.45) is 0 Å². The van der Waals surface area contributed by atoms with E-state index in [0.29, 0.717) is 19.5 Å². The molecule has 2 heterocycles. The summed E-state index contributed by atoms with van der Waals surface area (Å²) in [5.74, 6) is 0.759. The van der Waals surface area contributed by atoms with Crippen LogP contribution in [0, 0.1) is 0 Å². The maximum atomic E-state index is 12.3. The second kappa shape index (κ2) is 5.30. The average molecular weight is 293 g/mol. The Morgan fingerprint density at radius 2 is 1.95 bits per heavy atom. The van der Waals surface area contributed by atoms with Crippen molar-refractivity contribution in [1.29, 1.82) is 0 Å². The molecule has 6 heteroatoms. The second-order valence-electron chi connectivity index (χ2n) is 4.64. The minimum atomic E-state index is -3.53. The highest BCUT2D eigenvalue weighted by Crippen LogP contribution is 2.24. The zero-order valence-electron chi connectivity index (χ0n) is 10.8. The molecule has 1 atom stereocenters. The number of furan rings is 1. The predicted octanol–water partition coefficient (Wildman–Crippen LogP) is 2.12. The number of nitrogens with zero attached hydrogens (tertiary/aromatic N) is 1. The van der Waals surface area contributed by atoms with Crippen molar-refractivity contribution in [3.8, 4) is 5.75 Å². The Hall–Kier alpha value is -1.79. The third kappa shape index (κ3) is 2.57. The summed E-state index contributed by atoms with van der Waals surface area (Å²) in [5, 5.41) is -0.0159. The largest absolute Gasteiger partial charge is 0.489 e. The molecule has 20 heavy (non-hydrogen) atoms. The molecule has 0 N–H and O–H groups in total. The average Bonchev–Trinajstić information content (AvgIpc) is 3.11. The predicted molar refractivity (Wildman–Crippen MR) is 72.9 cm³/mol. The Balaban J connectivity index is 1.68. The van der Waals surface area contributed by atoms with Gasteiger partial charge in [0.25, 0.3) is 10.0 Å². The Labute approximate surface area is 117 Å². The van der Waals surface area contributed by atoms with Crippen molar-refractivity contribution in [2.45, 2.75) is 17.6 Å². The van der Waals surface area contributed by atoms with Gasteiger partial charge >= 0.3 is 0 Å². The summed E-state index contributed by atoms with van der Waals surface area (Å²) in [6.45, 7) is 0.790. The van der Waals surface area contributed by atoms with Crippen LogP contribution in [0.25, 0.3) is 0 Å². The van der Waals surface area contributed by atoms with E-state index in [-0.39, 0.29) is 11.2 Å². The topological polar surface area (TPSA) is 59.8 Å². The summed E-state index contributed by atoms with van der Waals surface area (Å²) in [5.41, 5.74) is 0. The summed E-state index contributed by atoms with van der Waals surface area (Å²) in [6.07, 6.45) is 1.91. The first-order chi connectivity index (χ1) is 9.66. The number of hydrogen-bond acceptors (Lipinski definition) is 4. The zero-order chi connectivity index (χ0) is 14.0. The molecule has 1 fully saturated rings. The van der Waals surface area contributed by atoms with Crippen LogP contribution in [-0.2, 0) is 10.0 Å².